The number of fused-ring (bicyclic) bond motifs is 1. The zero-order valence-electron chi connectivity index (χ0n) is 15.0. The fraction of sp³-hybridized carbons (Fsp3) is 0.0952. The predicted molar refractivity (Wildman–Crippen MR) is 107 cm³/mol. The lowest BCUT2D eigenvalue weighted by atomic mass is 9.96. The average molecular weight is 402 g/mol. The summed E-state index contributed by atoms with van der Waals surface area (Å²) in [6, 6.07) is 16.1. The molecular weight excluding hydrogens is 388 g/mol. The van der Waals surface area contributed by atoms with Crippen molar-refractivity contribution < 1.29 is 14.6 Å². The number of rotatable bonds is 3. The molecule has 0 saturated heterocycles. The molecule has 0 unspecified atom stereocenters. The van der Waals surface area contributed by atoms with Crippen LogP contribution in [-0.4, -0.2) is 23.3 Å². The van der Waals surface area contributed by atoms with E-state index >= 15 is 0 Å². The van der Waals surface area contributed by atoms with Crippen LogP contribution < -0.4 is 15.2 Å². The van der Waals surface area contributed by atoms with Gasteiger partial charge in [0.25, 0.3) is 0 Å². The number of anilines is 1. The lowest BCUT2D eigenvalue weighted by Crippen LogP contribution is -2.15. The first-order chi connectivity index (χ1) is 14.1. The molecule has 1 aliphatic heterocycles. The summed E-state index contributed by atoms with van der Waals surface area (Å²) >= 11 is 1.11. The molecule has 0 atom stereocenters. The van der Waals surface area contributed by atoms with Gasteiger partial charge in [0.05, 0.1) is 10.5 Å². The fourth-order valence-electron chi connectivity index (χ4n) is 3.01. The van der Waals surface area contributed by atoms with Crippen LogP contribution in [0.4, 0.5) is 5.82 Å². The maximum absolute atomic E-state index is 10.1. The Hall–Kier alpha value is -3.88. The molecule has 0 fully saturated rings. The minimum atomic E-state index is 0.00862. The van der Waals surface area contributed by atoms with E-state index in [-0.39, 0.29) is 22.7 Å². The monoisotopic (exact) mass is 402 g/mol. The first kappa shape index (κ1) is 18.5. The van der Waals surface area contributed by atoms with Crippen LogP contribution in [0.1, 0.15) is 11.1 Å². The average Bonchev–Trinajstić information content (AvgIpc) is 2.74. The highest BCUT2D eigenvalue weighted by Gasteiger charge is 2.23. The van der Waals surface area contributed by atoms with E-state index in [0.717, 1.165) is 11.8 Å². The van der Waals surface area contributed by atoms with Gasteiger partial charge in [-0.1, -0.05) is 30.0 Å². The maximum Gasteiger partial charge on any atom is 0.161 e. The Labute approximate surface area is 170 Å². The van der Waals surface area contributed by atoms with Gasteiger partial charge in [0.1, 0.15) is 47.5 Å². The number of nitrogens with zero attached hydrogens (tertiary/aromatic N) is 3. The van der Waals surface area contributed by atoms with Gasteiger partial charge in [0.2, 0.25) is 0 Å². The van der Waals surface area contributed by atoms with Crippen LogP contribution in [-0.2, 0) is 0 Å². The molecule has 29 heavy (non-hydrogen) atoms. The van der Waals surface area contributed by atoms with E-state index in [1.165, 1.54) is 0 Å². The molecule has 0 saturated carbocycles. The van der Waals surface area contributed by atoms with Crippen molar-refractivity contribution in [1.82, 2.24) is 4.98 Å². The number of aromatic nitrogens is 1. The van der Waals surface area contributed by atoms with Gasteiger partial charge in [-0.05, 0) is 29.8 Å². The van der Waals surface area contributed by atoms with Crippen LogP contribution in [0.5, 0.6) is 17.2 Å². The topological polar surface area (TPSA) is 125 Å². The third-order valence-electron chi connectivity index (χ3n) is 4.32. The quantitative estimate of drug-likeness (QED) is 0.679. The lowest BCUT2D eigenvalue weighted by molar-refractivity contribution is 0.171. The van der Waals surface area contributed by atoms with E-state index in [1.807, 2.05) is 0 Å². The normalized spacial score (nSPS) is 12.1. The molecule has 142 valence electrons. The van der Waals surface area contributed by atoms with Crippen LogP contribution >= 0.6 is 11.8 Å². The van der Waals surface area contributed by atoms with Crippen molar-refractivity contribution in [3.05, 3.63) is 53.6 Å². The summed E-state index contributed by atoms with van der Waals surface area (Å²) in [7, 11) is 0. The van der Waals surface area contributed by atoms with Crippen LogP contribution in [0.3, 0.4) is 0 Å². The van der Waals surface area contributed by atoms with Crippen molar-refractivity contribution in [3.63, 3.8) is 0 Å². The van der Waals surface area contributed by atoms with E-state index in [4.69, 9.17) is 15.2 Å². The summed E-state index contributed by atoms with van der Waals surface area (Å²) in [6.07, 6.45) is 0. The zero-order valence-corrected chi connectivity index (χ0v) is 15.9. The summed E-state index contributed by atoms with van der Waals surface area (Å²) in [6.45, 7) is 0.877. The number of ether oxygens (including phenoxy) is 2. The van der Waals surface area contributed by atoms with E-state index in [2.05, 4.69) is 17.1 Å². The van der Waals surface area contributed by atoms with Crippen molar-refractivity contribution in [1.29, 1.82) is 10.5 Å². The molecule has 3 aromatic rings. The number of pyridine rings is 1. The third kappa shape index (κ3) is 3.38. The predicted octanol–water partition coefficient (Wildman–Crippen LogP) is 3.70. The van der Waals surface area contributed by atoms with Gasteiger partial charge in [0, 0.05) is 5.56 Å². The van der Waals surface area contributed by atoms with Crippen LogP contribution in [0.2, 0.25) is 0 Å². The van der Waals surface area contributed by atoms with Gasteiger partial charge in [0.15, 0.2) is 11.5 Å². The lowest BCUT2D eigenvalue weighted by Gasteiger charge is -2.20. The molecule has 3 N–H and O–H groups in total. The van der Waals surface area contributed by atoms with Crippen LogP contribution in [0.25, 0.3) is 11.1 Å². The second-order valence-electron chi connectivity index (χ2n) is 6.08. The third-order valence-corrected chi connectivity index (χ3v) is 5.37. The maximum atomic E-state index is 10.1. The molecule has 4 rings (SSSR count). The number of phenolic OH excluding ortho intramolecular Hbond substituents is 1. The number of benzene rings is 2. The van der Waals surface area contributed by atoms with Crippen molar-refractivity contribution in [2.24, 2.45) is 0 Å². The number of phenols is 1. The molecule has 1 aromatic heterocycles. The van der Waals surface area contributed by atoms with E-state index in [0.29, 0.717) is 45.8 Å². The van der Waals surface area contributed by atoms with Crippen molar-refractivity contribution in [3.8, 4) is 40.5 Å². The van der Waals surface area contributed by atoms with E-state index in [1.54, 1.807) is 42.5 Å². The Morgan fingerprint density at radius 3 is 2.45 bits per heavy atom. The standard InChI is InChI=1S/C21H14N4O3S/c22-10-13-19(12-5-6-16-17(9-12)28-8-7-27-16)14(11-23)21(25-20(13)24)29-18-4-2-1-3-15(18)26/h1-6,9,26H,7-8H2,(H2,24,25). The number of aromatic hydroxyl groups is 1. The second kappa shape index (κ2) is 7.63. The highest BCUT2D eigenvalue weighted by atomic mass is 32.2. The number of hydrogen-bond donors (Lipinski definition) is 2. The molecular formula is C21H14N4O3S. The van der Waals surface area contributed by atoms with Gasteiger partial charge in [-0.25, -0.2) is 4.98 Å². The van der Waals surface area contributed by atoms with Gasteiger partial charge in [-0.3, -0.25) is 0 Å². The number of hydrogen-bond acceptors (Lipinski definition) is 8. The molecule has 0 aliphatic carbocycles. The van der Waals surface area contributed by atoms with E-state index < -0.39 is 0 Å². The fourth-order valence-corrected chi connectivity index (χ4v) is 3.93. The smallest absolute Gasteiger partial charge is 0.161 e. The van der Waals surface area contributed by atoms with E-state index in [9.17, 15) is 15.6 Å². The van der Waals surface area contributed by atoms with Crippen molar-refractivity contribution in [2.45, 2.75) is 9.92 Å². The summed E-state index contributed by atoms with van der Waals surface area (Å²) in [5.41, 5.74) is 7.32. The Morgan fingerprint density at radius 1 is 1.00 bits per heavy atom. The molecule has 0 spiro atoms. The van der Waals surface area contributed by atoms with Gasteiger partial charge in [-0.2, -0.15) is 10.5 Å². The molecule has 0 radical (unpaired) electrons. The molecule has 8 heteroatoms. The summed E-state index contributed by atoms with van der Waals surface area (Å²) < 4.78 is 11.2. The highest BCUT2D eigenvalue weighted by Crippen LogP contribution is 2.42. The zero-order chi connectivity index (χ0) is 20.4. The Morgan fingerprint density at radius 2 is 1.72 bits per heavy atom. The van der Waals surface area contributed by atoms with Crippen molar-refractivity contribution >= 4 is 17.6 Å². The largest absolute Gasteiger partial charge is 0.507 e. The van der Waals surface area contributed by atoms with Gasteiger partial charge >= 0.3 is 0 Å². The number of nitriles is 2. The van der Waals surface area contributed by atoms with Gasteiger partial charge in [-0.15, -0.1) is 0 Å². The highest BCUT2D eigenvalue weighted by molar-refractivity contribution is 7.99. The first-order valence-corrected chi connectivity index (χ1v) is 9.43. The Balaban J connectivity index is 1.91. The Kier molecular flexibility index (Phi) is 4.86. The summed E-state index contributed by atoms with van der Waals surface area (Å²) in [4.78, 5) is 4.78. The minimum Gasteiger partial charge on any atom is -0.507 e. The summed E-state index contributed by atoms with van der Waals surface area (Å²) in [5, 5.41) is 29.9. The number of nitrogen functional groups attached to an aromatic ring is 1. The number of para-hydroxylation sites is 1. The van der Waals surface area contributed by atoms with Crippen molar-refractivity contribution in [2.75, 3.05) is 18.9 Å². The Bertz CT molecular complexity index is 1200. The van der Waals surface area contributed by atoms with Crippen LogP contribution in [0.15, 0.2) is 52.4 Å². The number of nitrogens with two attached hydrogens (primary N) is 1. The summed E-state index contributed by atoms with van der Waals surface area (Å²) in [5.74, 6) is 1.20. The molecule has 2 aromatic carbocycles. The minimum absolute atomic E-state index is 0.00862. The van der Waals surface area contributed by atoms with Gasteiger partial charge < -0.3 is 20.3 Å². The SMILES string of the molecule is N#Cc1c(N)nc(Sc2ccccc2O)c(C#N)c1-c1ccc2c(c1)OCCO2. The molecule has 2 heterocycles. The second-order valence-corrected chi connectivity index (χ2v) is 7.11. The molecule has 1 aliphatic rings. The molecule has 0 bridgehead atoms. The first-order valence-electron chi connectivity index (χ1n) is 8.62. The molecule has 7 nitrogen and oxygen atoms in total. The van der Waals surface area contributed by atoms with Crippen LogP contribution in [0, 0.1) is 22.7 Å². The molecule has 0 amide bonds.